The Morgan fingerprint density at radius 2 is 1.80 bits per heavy atom. The average Bonchev–Trinajstić information content (AvgIpc) is 2.76. The highest BCUT2D eigenvalue weighted by Gasteiger charge is 2.17. The molecule has 2 rings (SSSR count). The highest BCUT2D eigenvalue weighted by atomic mass is 16.2. The number of urea groups is 1. The molecule has 0 bridgehead atoms. The van der Waals surface area contributed by atoms with Crippen LogP contribution < -0.4 is 11.1 Å². The minimum atomic E-state index is 0.0255. The van der Waals surface area contributed by atoms with Gasteiger partial charge in [-0.2, -0.15) is 0 Å². The number of benzene rings is 1. The van der Waals surface area contributed by atoms with Crippen LogP contribution in [0.1, 0.15) is 49.8 Å². The zero-order valence-corrected chi connectivity index (χ0v) is 12.3. The van der Waals surface area contributed by atoms with Crippen LogP contribution in [0.5, 0.6) is 0 Å². The van der Waals surface area contributed by atoms with Gasteiger partial charge in [0.1, 0.15) is 0 Å². The van der Waals surface area contributed by atoms with Gasteiger partial charge >= 0.3 is 6.03 Å². The van der Waals surface area contributed by atoms with E-state index in [0.717, 1.165) is 37.1 Å². The molecule has 20 heavy (non-hydrogen) atoms. The van der Waals surface area contributed by atoms with Crippen molar-refractivity contribution in [3.05, 3.63) is 35.4 Å². The van der Waals surface area contributed by atoms with Crippen molar-refractivity contribution in [1.82, 2.24) is 10.2 Å². The van der Waals surface area contributed by atoms with Crippen LogP contribution in [-0.2, 0) is 6.54 Å². The molecule has 1 aromatic rings. The van der Waals surface area contributed by atoms with Crippen molar-refractivity contribution in [3.8, 4) is 0 Å². The fourth-order valence-corrected chi connectivity index (χ4v) is 2.58. The van der Waals surface area contributed by atoms with Crippen molar-refractivity contribution < 1.29 is 4.79 Å². The topological polar surface area (TPSA) is 58.4 Å². The largest absolute Gasteiger partial charge is 0.331 e. The van der Waals surface area contributed by atoms with E-state index >= 15 is 0 Å². The first-order chi connectivity index (χ1) is 9.70. The second-order valence-corrected chi connectivity index (χ2v) is 5.52. The quantitative estimate of drug-likeness (QED) is 0.891. The predicted molar refractivity (Wildman–Crippen MR) is 81.3 cm³/mol. The summed E-state index contributed by atoms with van der Waals surface area (Å²) >= 11 is 0. The predicted octanol–water partition coefficient (Wildman–Crippen LogP) is 2.79. The molecule has 0 aliphatic carbocycles. The Morgan fingerprint density at radius 1 is 1.20 bits per heavy atom. The third kappa shape index (κ3) is 3.97. The van der Waals surface area contributed by atoms with Gasteiger partial charge in [0.05, 0.1) is 6.04 Å². The molecule has 1 heterocycles. The lowest BCUT2D eigenvalue weighted by atomic mass is 10.1. The second kappa shape index (κ2) is 7.29. The van der Waals surface area contributed by atoms with E-state index in [0.29, 0.717) is 6.54 Å². The Balaban J connectivity index is 1.91. The van der Waals surface area contributed by atoms with E-state index < -0.39 is 0 Å². The molecule has 1 saturated heterocycles. The van der Waals surface area contributed by atoms with Gasteiger partial charge in [0.15, 0.2) is 0 Å². The Bertz CT molecular complexity index is 422. The van der Waals surface area contributed by atoms with E-state index in [1.165, 1.54) is 12.8 Å². The lowest BCUT2D eigenvalue weighted by Crippen LogP contribution is -2.41. The van der Waals surface area contributed by atoms with Crippen molar-refractivity contribution in [1.29, 1.82) is 0 Å². The lowest BCUT2D eigenvalue weighted by molar-refractivity contribution is 0.196. The van der Waals surface area contributed by atoms with E-state index in [1.807, 2.05) is 36.1 Å². The maximum absolute atomic E-state index is 12.3. The smallest absolute Gasteiger partial charge is 0.317 e. The number of amides is 2. The fourth-order valence-electron chi connectivity index (χ4n) is 2.58. The Kier molecular flexibility index (Phi) is 5.41. The van der Waals surface area contributed by atoms with E-state index in [9.17, 15) is 4.79 Å². The molecular formula is C16H25N3O. The fraction of sp³-hybridized carbons (Fsp3) is 0.562. The molecule has 110 valence electrons. The molecule has 1 atom stereocenters. The molecule has 0 spiro atoms. The van der Waals surface area contributed by atoms with Crippen molar-refractivity contribution in [2.45, 2.75) is 45.2 Å². The molecule has 1 unspecified atom stereocenters. The molecule has 0 saturated carbocycles. The first kappa shape index (κ1) is 14.9. The summed E-state index contributed by atoms with van der Waals surface area (Å²) < 4.78 is 0. The Labute approximate surface area is 121 Å². The number of hydrogen-bond acceptors (Lipinski definition) is 2. The van der Waals surface area contributed by atoms with Gasteiger partial charge in [-0.15, -0.1) is 0 Å². The summed E-state index contributed by atoms with van der Waals surface area (Å²) in [6.45, 7) is 4.33. The van der Waals surface area contributed by atoms with Crippen molar-refractivity contribution in [3.63, 3.8) is 0 Å². The molecule has 2 amide bonds. The van der Waals surface area contributed by atoms with Gasteiger partial charge < -0.3 is 16.0 Å². The molecule has 0 radical (unpaired) electrons. The van der Waals surface area contributed by atoms with Crippen molar-refractivity contribution in [2.24, 2.45) is 5.73 Å². The third-order valence-electron chi connectivity index (χ3n) is 3.95. The molecule has 1 aliphatic heterocycles. The van der Waals surface area contributed by atoms with Crippen LogP contribution in [0.4, 0.5) is 4.79 Å². The summed E-state index contributed by atoms with van der Waals surface area (Å²) in [5, 5.41) is 3.09. The van der Waals surface area contributed by atoms with Crippen molar-refractivity contribution >= 4 is 6.03 Å². The highest BCUT2D eigenvalue weighted by molar-refractivity contribution is 5.74. The van der Waals surface area contributed by atoms with Gasteiger partial charge in [0.25, 0.3) is 0 Å². The molecule has 4 nitrogen and oxygen atoms in total. The van der Waals surface area contributed by atoms with Gasteiger partial charge in [-0.3, -0.25) is 0 Å². The number of hydrogen-bond donors (Lipinski definition) is 2. The molecule has 1 fully saturated rings. The number of carbonyl (C=O) groups is 1. The van der Waals surface area contributed by atoms with Crippen LogP contribution in [0.25, 0.3) is 0 Å². The molecule has 0 aromatic heterocycles. The Hall–Kier alpha value is -1.55. The average molecular weight is 275 g/mol. The first-order valence-corrected chi connectivity index (χ1v) is 7.55. The maximum atomic E-state index is 12.3. The first-order valence-electron chi connectivity index (χ1n) is 7.55. The van der Waals surface area contributed by atoms with E-state index in [-0.39, 0.29) is 12.1 Å². The van der Waals surface area contributed by atoms with Crippen LogP contribution in [0, 0.1) is 0 Å². The van der Waals surface area contributed by atoms with Crippen LogP contribution >= 0.6 is 0 Å². The maximum Gasteiger partial charge on any atom is 0.317 e. The lowest BCUT2D eigenvalue weighted by Gasteiger charge is -2.24. The van der Waals surface area contributed by atoms with Gasteiger partial charge in [0, 0.05) is 19.6 Å². The third-order valence-corrected chi connectivity index (χ3v) is 3.95. The zero-order chi connectivity index (χ0) is 14.4. The highest BCUT2D eigenvalue weighted by Crippen LogP contribution is 2.15. The molecule has 1 aromatic carbocycles. The summed E-state index contributed by atoms with van der Waals surface area (Å²) in [4.78, 5) is 14.2. The van der Waals surface area contributed by atoms with Gasteiger partial charge in [0.2, 0.25) is 0 Å². The van der Waals surface area contributed by atoms with Gasteiger partial charge in [-0.05, 0) is 30.9 Å². The number of nitrogens with two attached hydrogens (primary N) is 1. The number of likely N-dealkylation sites (tertiary alicyclic amines) is 1. The van der Waals surface area contributed by atoms with E-state index in [4.69, 9.17) is 5.73 Å². The number of nitrogens with one attached hydrogen (secondary N) is 1. The van der Waals surface area contributed by atoms with Crippen LogP contribution in [0.2, 0.25) is 0 Å². The second-order valence-electron chi connectivity index (χ2n) is 5.52. The summed E-state index contributed by atoms with van der Waals surface area (Å²) in [7, 11) is 0. The normalized spacial score (nSPS) is 17.4. The molecule has 3 N–H and O–H groups in total. The zero-order valence-electron chi connectivity index (χ0n) is 12.3. The number of nitrogens with zero attached hydrogens (tertiary/aromatic N) is 1. The monoisotopic (exact) mass is 275 g/mol. The number of carbonyl (C=O) groups excluding carboxylic acids is 1. The minimum absolute atomic E-state index is 0.0255. The molecule has 1 aliphatic rings. The SMILES string of the molecule is CC(NC(=O)N1CCCCCC1)c1ccc(CN)cc1. The van der Waals surface area contributed by atoms with E-state index in [2.05, 4.69) is 5.32 Å². The van der Waals surface area contributed by atoms with E-state index in [1.54, 1.807) is 0 Å². The minimum Gasteiger partial charge on any atom is -0.331 e. The van der Waals surface area contributed by atoms with Crippen molar-refractivity contribution in [2.75, 3.05) is 13.1 Å². The van der Waals surface area contributed by atoms with Crippen LogP contribution in [0.15, 0.2) is 24.3 Å². The standard InChI is InChI=1S/C16H25N3O/c1-13(15-8-6-14(12-17)7-9-15)18-16(20)19-10-4-2-3-5-11-19/h6-9,13H,2-5,10-12,17H2,1H3,(H,18,20). The summed E-state index contributed by atoms with van der Waals surface area (Å²) in [6.07, 6.45) is 4.71. The summed E-state index contributed by atoms with van der Waals surface area (Å²) in [5.74, 6) is 0. The van der Waals surface area contributed by atoms with Gasteiger partial charge in [-0.1, -0.05) is 37.1 Å². The molecular weight excluding hydrogens is 250 g/mol. The Morgan fingerprint density at radius 3 is 2.35 bits per heavy atom. The van der Waals surface area contributed by atoms with Crippen LogP contribution in [-0.4, -0.2) is 24.0 Å². The summed E-state index contributed by atoms with van der Waals surface area (Å²) in [5.41, 5.74) is 7.82. The molecule has 4 heteroatoms. The summed E-state index contributed by atoms with van der Waals surface area (Å²) in [6, 6.07) is 8.19. The number of rotatable bonds is 3. The van der Waals surface area contributed by atoms with Gasteiger partial charge in [-0.25, -0.2) is 4.79 Å². The van der Waals surface area contributed by atoms with Crippen LogP contribution in [0.3, 0.4) is 0 Å².